The molecule has 0 unspecified atom stereocenters. The molecule has 0 radical (unpaired) electrons. The SMILES string of the molecule is COc1ccc2c(Cl)c(C(=O)OCC(=O)N3CCCC[C@H]3C)sc2c1Cl. The average Bonchev–Trinajstić information content (AvgIpc) is 2.98. The molecule has 0 bridgehead atoms. The fourth-order valence-electron chi connectivity index (χ4n) is 3.11. The zero-order valence-corrected chi connectivity index (χ0v) is 16.8. The quantitative estimate of drug-likeness (QED) is 0.674. The van der Waals surface area contributed by atoms with E-state index in [0.717, 1.165) is 30.6 Å². The largest absolute Gasteiger partial charge is 0.495 e. The summed E-state index contributed by atoms with van der Waals surface area (Å²) in [6.07, 6.45) is 3.07. The molecule has 1 saturated heterocycles. The number of hydrogen-bond acceptors (Lipinski definition) is 5. The van der Waals surface area contributed by atoms with Crippen LogP contribution in [0.5, 0.6) is 5.75 Å². The molecule has 2 aromatic rings. The van der Waals surface area contributed by atoms with Crippen LogP contribution in [0.1, 0.15) is 35.9 Å². The van der Waals surface area contributed by atoms with Gasteiger partial charge in [0.15, 0.2) is 6.61 Å². The minimum atomic E-state index is -0.621. The molecular formula is C18H19Cl2NO4S. The van der Waals surface area contributed by atoms with E-state index in [2.05, 4.69) is 0 Å². The lowest BCUT2D eigenvalue weighted by Gasteiger charge is -2.33. The lowest BCUT2D eigenvalue weighted by Crippen LogP contribution is -2.44. The Balaban J connectivity index is 1.74. The molecule has 0 spiro atoms. The number of hydrogen-bond donors (Lipinski definition) is 0. The van der Waals surface area contributed by atoms with Crippen molar-refractivity contribution in [3.05, 3.63) is 27.1 Å². The summed E-state index contributed by atoms with van der Waals surface area (Å²) in [7, 11) is 1.52. The standard InChI is InChI=1S/C18H19Cl2NO4S/c1-10-5-3-4-8-21(10)13(22)9-25-18(23)17-14(19)11-6-7-12(24-2)15(20)16(11)26-17/h6-7,10H,3-5,8-9H2,1-2H3/t10-/m1/s1. The van der Waals surface area contributed by atoms with Crippen molar-refractivity contribution >= 4 is 56.5 Å². The van der Waals surface area contributed by atoms with Gasteiger partial charge >= 0.3 is 5.97 Å². The third kappa shape index (κ3) is 3.63. The van der Waals surface area contributed by atoms with E-state index in [1.807, 2.05) is 6.92 Å². The van der Waals surface area contributed by atoms with E-state index in [-0.39, 0.29) is 28.5 Å². The van der Waals surface area contributed by atoms with Gasteiger partial charge in [-0.3, -0.25) is 4.79 Å². The number of piperidine rings is 1. The number of carbonyl (C=O) groups is 2. The number of thiophene rings is 1. The molecule has 26 heavy (non-hydrogen) atoms. The molecule has 1 amide bonds. The highest BCUT2D eigenvalue weighted by Crippen LogP contribution is 2.43. The third-order valence-corrected chi connectivity index (χ3v) is 6.75. The molecule has 1 atom stereocenters. The summed E-state index contributed by atoms with van der Waals surface area (Å²) in [6, 6.07) is 3.62. The highest BCUT2D eigenvalue weighted by molar-refractivity contribution is 7.22. The van der Waals surface area contributed by atoms with Crippen molar-refractivity contribution in [2.75, 3.05) is 20.3 Å². The van der Waals surface area contributed by atoms with Gasteiger partial charge in [0.25, 0.3) is 5.91 Å². The van der Waals surface area contributed by atoms with Gasteiger partial charge in [-0.1, -0.05) is 23.2 Å². The molecule has 1 aliphatic heterocycles. The number of carbonyl (C=O) groups excluding carboxylic acids is 2. The van der Waals surface area contributed by atoms with E-state index >= 15 is 0 Å². The van der Waals surface area contributed by atoms with Gasteiger partial charge in [0.1, 0.15) is 15.6 Å². The number of nitrogens with zero attached hydrogens (tertiary/aromatic N) is 1. The van der Waals surface area contributed by atoms with Gasteiger partial charge in [0.2, 0.25) is 0 Å². The van der Waals surface area contributed by atoms with Crippen molar-refractivity contribution in [3.63, 3.8) is 0 Å². The Morgan fingerprint density at radius 1 is 1.27 bits per heavy atom. The minimum Gasteiger partial charge on any atom is -0.495 e. The lowest BCUT2D eigenvalue weighted by atomic mass is 10.0. The molecule has 1 fully saturated rings. The highest BCUT2D eigenvalue weighted by atomic mass is 35.5. The molecule has 0 N–H and O–H groups in total. The summed E-state index contributed by atoms with van der Waals surface area (Å²) < 4.78 is 11.1. The van der Waals surface area contributed by atoms with Crippen molar-refractivity contribution in [2.24, 2.45) is 0 Å². The Kier molecular flexibility index (Phi) is 5.95. The first-order valence-corrected chi connectivity index (χ1v) is 9.92. The Hall–Kier alpha value is -1.50. The van der Waals surface area contributed by atoms with Crippen molar-refractivity contribution in [2.45, 2.75) is 32.2 Å². The zero-order valence-electron chi connectivity index (χ0n) is 14.5. The molecule has 3 rings (SSSR count). The fraction of sp³-hybridized carbons (Fsp3) is 0.444. The van der Waals surface area contributed by atoms with Gasteiger partial charge in [-0.15, -0.1) is 11.3 Å². The Morgan fingerprint density at radius 3 is 2.73 bits per heavy atom. The van der Waals surface area contributed by atoms with E-state index in [9.17, 15) is 9.59 Å². The topological polar surface area (TPSA) is 55.8 Å². The van der Waals surface area contributed by atoms with Crippen LogP contribution in [-0.2, 0) is 9.53 Å². The van der Waals surface area contributed by atoms with E-state index in [1.54, 1.807) is 17.0 Å². The smallest absolute Gasteiger partial charge is 0.350 e. The summed E-state index contributed by atoms with van der Waals surface area (Å²) >= 11 is 13.7. The number of rotatable bonds is 4. The van der Waals surface area contributed by atoms with Crippen molar-refractivity contribution in [1.29, 1.82) is 0 Å². The number of esters is 1. The maximum atomic E-state index is 12.4. The molecule has 1 aromatic carbocycles. The predicted octanol–water partition coefficient (Wildman–Crippen LogP) is 4.77. The number of benzene rings is 1. The Morgan fingerprint density at radius 2 is 2.04 bits per heavy atom. The number of amides is 1. The van der Waals surface area contributed by atoms with Crippen LogP contribution in [0.25, 0.3) is 10.1 Å². The lowest BCUT2D eigenvalue weighted by molar-refractivity contribution is -0.137. The van der Waals surface area contributed by atoms with Gasteiger partial charge in [0, 0.05) is 18.0 Å². The van der Waals surface area contributed by atoms with Crippen LogP contribution in [0.3, 0.4) is 0 Å². The van der Waals surface area contributed by atoms with Crippen LogP contribution < -0.4 is 4.74 Å². The monoisotopic (exact) mass is 415 g/mol. The summed E-state index contributed by atoms with van der Waals surface area (Å²) in [6.45, 7) is 2.43. The van der Waals surface area contributed by atoms with Crippen LogP contribution in [0.4, 0.5) is 0 Å². The predicted molar refractivity (Wildman–Crippen MR) is 104 cm³/mol. The normalized spacial score (nSPS) is 17.4. The first-order valence-electron chi connectivity index (χ1n) is 8.35. The summed E-state index contributed by atoms with van der Waals surface area (Å²) in [5.74, 6) is -0.294. The van der Waals surface area contributed by atoms with Crippen LogP contribution in [0.15, 0.2) is 12.1 Å². The number of ether oxygens (including phenoxy) is 2. The summed E-state index contributed by atoms with van der Waals surface area (Å²) in [4.78, 5) is 26.8. The minimum absolute atomic E-state index is 0.175. The maximum Gasteiger partial charge on any atom is 0.350 e. The van der Waals surface area contributed by atoms with E-state index in [0.29, 0.717) is 27.4 Å². The van der Waals surface area contributed by atoms with E-state index < -0.39 is 5.97 Å². The van der Waals surface area contributed by atoms with Crippen molar-refractivity contribution in [3.8, 4) is 5.75 Å². The Bertz CT molecular complexity index is 851. The number of fused-ring (bicyclic) bond motifs is 1. The molecule has 140 valence electrons. The second kappa shape index (κ2) is 8.03. The first kappa shape index (κ1) is 19.3. The third-order valence-electron chi connectivity index (χ3n) is 4.56. The van der Waals surface area contributed by atoms with Crippen LogP contribution in [0, 0.1) is 0 Å². The second-order valence-corrected chi connectivity index (χ2v) is 7.99. The highest BCUT2D eigenvalue weighted by Gasteiger charge is 2.26. The maximum absolute atomic E-state index is 12.4. The number of likely N-dealkylation sites (tertiary alicyclic amines) is 1. The molecule has 2 heterocycles. The molecule has 0 saturated carbocycles. The molecule has 1 aliphatic rings. The van der Waals surface area contributed by atoms with Crippen LogP contribution in [-0.4, -0.2) is 43.1 Å². The van der Waals surface area contributed by atoms with Gasteiger partial charge in [0.05, 0.1) is 16.8 Å². The molecule has 8 heteroatoms. The first-order chi connectivity index (χ1) is 12.4. The van der Waals surface area contributed by atoms with Gasteiger partial charge in [-0.25, -0.2) is 4.79 Å². The van der Waals surface area contributed by atoms with Crippen LogP contribution in [0.2, 0.25) is 10.0 Å². The fourth-order valence-corrected chi connectivity index (χ4v) is 4.89. The van der Waals surface area contributed by atoms with Gasteiger partial charge in [-0.05, 0) is 38.3 Å². The second-order valence-electron chi connectivity index (χ2n) is 6.21. The van der Waals surface area contributed by atoms with Crippen LogP contribution >= 0.6 is 34.5 Å². The van der Waals surface area contributed by atoms with Crippen molar-refractivity contribution < 1.29 is 19.1 Å². The zero-order chi connectivity index (χ0) is 18.8. The van der Waals surface area contributed by atoms with E-state index in [1.165, 1.54) is 7.11 Å². The van der Waals surface area contributed by atoms with Crippen molar-refractivity contribution in [1.82, 2.24) is 4.90 Å². The number of halogens is 2. The molecule has 1 aromatic heterocycles. The number of methoxy groups -OCH3 is 1. The summed E-state index contributed by atoms with van der Waals surface area (Å²) in [5, 5.41) is 1.33. The molecule has 5 nitrogen and oxygen atoms in total. The summed E-state index contributed by atoms with van der Waals surface area (Å²) in [5.41, 5.74) is 0. The average molecular weight is 416 g/mol. The van der Waals surface area contributed by atoms with Gasteiger partial charge < -0.3 is 14.4 Å². The molecular weight excluding hydrogens is 397 g/mol. The Labute approximate surface area is 165 Å². The van der Waals surface area contributed by atoms with E-state index in [4.69, 9.17) is 32.7 Å². The molecule has 0 aliphatic carbocycles. The van der Waals surface area contributed by atoms with Gasteiger partial charge in [-0.2, -0.15) is 0 Å².